The van der Waals surface area contributed by atoms with Gasteiger partial charge in [0.2, 0.25) is 0 Å². The van der Waals surface area contributed by atoms with Crippen molar-refractivity contribution in [2.24, 2.45) is 0 Å². The standard InChI is InChI=1S/C21H20N2O2/c24-20-12-6-16(7-13-20)14-15-22-21(25)23-19-10-8-18(9-11-19)17-4-2-1-3-5-17/h1-13,24H,14-15H2,(H2,22,23,25). The first-order valence-electron chi connectivity index (χ1n) is 8.19. The molecule has 2 amide bonds. The second-order valence-corrected chi connectivity index (χ2v) is 5.74. The molecular weight excluding hydrogens is 312 g/mol. The van der Waals surface area contributed by atoms with E-state index < -0.39 is 0 Å². The van der Waals surface area contributed by atoms with Crippen molar-refractivity contribution in [2.75, 3.05) is 11.9 Å². The molecule has 4 heteroatoms. The number of phenols is 1. The summed E-state index contributed by atoms with van der Waals surface area (Å²) in [5.74, 6) is 0.244. The number of urea groups is 1. The zero-order valence-electron chi connectivity index (χ0n) is 13.8. The molecule has 0 bridgehead atoms. The van der Waals surface area contributed by atoms with Crippen LogP contribution < -0.4 is 10.6 Å². The Balaban J connectivity index is 1.48. The summed E-state index contributed by atoms with van der Waals surface area (Å²) in [7, 11) is 0. The molecule has 0 saturated carbocycles. The largest absolute Gasteiger partial charge is 0.508 e. The van der Waals surface area contributed by atoms with Crippen LogP contribution in [0.3, 0.4) is 0 Å². The monoisotopic (exact) mass is 332 g/mol. The van der Waals surface area contributed by atoms with Gasteiger partial charge in [0.1, 0.15) is 5.75 Å². The maximum absolute atomic E-state index is 11.9. The van der Waals surface area contributed by atoms with Gasteiger partial charge in [-0.1, -0.05) is 54.6 Å². The van der Waals surface area contributed by atoms with E-state index in [4.69, 9.17) is 0 Å². The van der Waals surface area contributed by atoms with Gasteiger partial charge in [-0.05, 0) is 47.4 Å². The van der Waals surface area contributed by atoms with Crippen molar-refractivity contribution in [2.45, 2.75) is 6.42 Å². The van der Waals surface area contributed by atoms with Gasteiger partial charge in [0.15, 0.2) is 0 Å². The van der Waals surface area contributed by atoms with Crippen molar-refractivity contribution in [1.29, 1.82) is 0 Å². The van der Waals surface area contributed by atoms with E-state index in [1.807, 2.05) is 54.6 Å². The van der Waals surface area contributed by atoms with E-state index in [2.05, 4.69) is 22.8 Å². The van der Waals surface area contributed by atoms with E-state index >= 15 is 0 Å². The number of carbonyl (C=O) groups excluding carboxylic acids is 1. The Kier molecular flexibility index (Phi) is 5.32. The van der Waals surface area contributed by atoms with Crippen molar-refractivity contribution in [1.82, 2.24) is 5.32 Å². The third-order valence-corrected chi connectivity index (χ3v) is 3.89. The zero-order valence-corrected chi connectivity index (χ0v) is 13.8. The molecule has 3 N–H and O–H groups in total. The Bertz CT molecular complexity index is 813. The van der Waals surface area contributed by atoms with Crippen molar-refractivity contribution < 1.29 is 9.90 Å². The highest BCUT2D eigenvalue weighted by Gasteiger charge is 2.02. The number of anilines is 1. The van der Waals surface area contributed by atoms with Crippen LogP contribution in [0.4, 0.5) is 10.5 Å². The number of hydrogen-bond acceptors (Lipinski definition) is 2. The maximum Gasteiger partial charge on any atom is 0.319 e. The summed E-state index contributed by atoms with van der Waals surface area (Å²) in [5, 5.41) is 14.9. The van der Waals surface area contributed by atoms with E-state index in [9.17, 15) is 9.90 Å². The lowest BCUT2D eigenvalue weighted by molar-refractivity contribution is 0.252. The lowest BCUT2D eigenvalue weighted by atomic mass is 10.1. The van der Waals surface area contributed by atoms with Gasteiger partial charge in [0.05, 0.1) is 0 Å². The normalized spacial score (nSPS) is 10.2. The second kappa shape index (κ2) is 8.02. The fraction of sp³-hybridized carbons (Fsp3) is 0.0952. The van der Waals surface area contributed by atoms with Crippen LogP contribution in [0.1, 0.15) is 5.56 Å². The second-order valence-electron chi connectivity index (χ2n) is 5.74. The SMILES string of the molecule is O=C(NCCc1ccc(O)cc1)Nc1ccc(-c2ccccc2)cc1. The van der Waals surface area contributed by atoms with Crippen LogP contribution in [0.15, 0.2) is 78.9 Å². The molecule has 0 unspecified atom stereocenters. The summed E-state index contributed by atoms with van der Waals surface area (Å²) in [6.45, 7) is 0.526. The Hall–Kier alpha value is -3.27. The summed E-state index contributed by atoms with van der Waals surface area (Å²) in [4.78, 5) is 11.9. The van der Waals surface area contributed by atoms with Crippen LogP contribution in [0.25, 0.3) is 11.1 Å². The lowest BCUT2D eigenvalue weighted by Gasteiger charge is -2.09. The number of benzene rings is 3. The first-order chi connectivity index (χ1) is 12.2. The predicted octanol–water partition coefficient (Wildman–Crippen LogP) is 4.42. The Morgan fingerprint density at radius 1 is 0.800 bits per heavy atom. The van der Waals surface area contributed by atoms with E-state index in [0.717, 1.165) is 22.4 Å². The van der Waals surface area contributed by atoms with Gasteiger partial charge < -0.3 is 15.7 Å². The number of nitrogens with one attached hydrogen (secondary N) is 2. The summed E-state index contributed by atoms with van der Waals surface area (Å²) >= 11 is 0. The van der Waals surface area contributed by atoms with Crippen LogP contribution in [0.2, 0.25) is 0 Å². The van der Waals surface area contributed by atoms with Gasteiger partial charge in [0, 0.05) is 12.2 Å². The van der Waals surface area contributed by atoms with Crippen molar-refractivity contribution in [3.05, 3.63) is 84.4 Å². The van der Waals surface area contributed by atoms with Crippen molar-refractivity contribution in [3.8, 4) is 16.9 Å². The summed E-state index contributed by atoms with van der Waals surface area (Å²) in [6.07, 6.45) is 0.709. The first-order valence-corrected chi connectivity index (χ1v) is 8.19. The zero-order chi connectivity index (χ0) is 17.5. The highest BCUT2D eigenvalue weighted by atomic mass is 16.3. The first kappa shape index (κ1) is 16.6. The molecule has 0 fully saturated rings. The fourth-order valence-electron chi connectivity index (χ4n) is 2.53. The summed E-state index contributed by atoms with van der Waals surface area (Å²) in [5.41, 5.74) is 4.07. The van der Waals surface area contributed by atoms with Crippen LogP contribution in [-0.4, -0.2) is 17.7 Å². The van der Waals surface area contributed by atoms with Crippen molar-refractivity contribution >= 4 is 11.7 Å². The fourth-order valence-corrected chi connectivity index (χ4v) is 2.53. The van der Waals surface area contributed by atoms with Gasteiger partial charge in [0.25, 0.3) is 0 Å². The minimum Gasteiger partial charge on any atom is -0.508 e. The highest BCUT2D eigenvalue weighted by molar-refractivity contribution is 5.89. The third-order valence-electron chi connectivity index (χ3n) is 3.89. The van der Waals surface area contributed by atoms with Gasteiger partial charge in [-0.2, -0.15) is 0 Å². The highest BCUT2D eigenvalue weighted by Crippen LogP contribution is 2.20. The topological polar surface area (TPSA) is 61.4 Å². The predicted molar refractivity (Wildman–Crippen MR) is 101 cm³/mol. The van der Waals surface area contributed by atoms with Crippen LogP contribution >= 0.6 is 0 Å². The molecule has 0 aliphatic carbocycles. The molecular formula is C21H20N2O2. The molecule has 0 heterocycles. The molecule has 0 aromatic heterocycles. The molecule has 0 saturated heterocycles. The number of amides is 2. The van der Waals surface area contributed by atoms with Gasteiger partial charge in [-0.25, -0.2) is 4.79 Å². The molecule has 3 aromatic carbocycles. The van der Waals surface area contributed by atoms with Crippen LogP contribution in [0, 0.1) is 0 Å². The average molecular weight is 332 g/mol. The van der Waals surface area contributed by atoms with Gasteiger partial charge in [-0.15, -0.1) is 0 Å². The summed E-state index contributed by atoms with van der Waals surface area (Å²) in [6, 6.07) is 24.6. The maximum atomic E-state index is 11.9. The lowest BCUT2D eigenvalue weighted by Crippen LogP contribution is -2.30. The van der Waals surface area contributed by atoms with E-state index in [0.29, 0.717) is 13.0 Å². The smallest absolute Gasteiger partial charge is 0.319 e. The number of phenolic OH excluding ortho intramolecular Hbond substituents is 1. The van der Waals surface area contributed by atoms with Gasteiger partial charge in [-0.3, -0.25) is 0 Å². The Labute approximate surface area is 147 Å². The molecule has 0 atom stereocenters. The van der Waals surface area contributed by atoms with Gasteiger partial charge >= 0.3 is 6.03 Å². The molecule has 0 aliphatic heterocycles. The number of aromatic hydroxyl groups is 1. The molecule has 126 valence electrons. The third kappa shape index (κ3) is 4.85. The van der Waals surface area contributed by atoms with Crippen molar-refractivity contribution in [3.63, 3.8) is 0 Å². The molecule has 0 aliphatic rings. The molecule has 0 spiro atoms. The Morgan fingerprint density at radius 2 is 1.44 bits per heavy atom. The van der Waals surface area contributed by atoms with E-state index in [1.54, 1.807) is 12.1 Å². The minimum atomic E-state index is -0.230. The number of hydrogen-bond donors (Lipinski definition) is 3. The molecule has 4 nitrogen and oxygen atoms in total. The molecule has 0 radical (unpaired) electrons. The average Bonchev–Trinajstić information content (AvgIpc) is 2.65. The Morgan fingerprint density at radius 3 is 2.12 bits per heavy atom. The van der Waals surface area contributed by atoms with E-state index in [1.165, 1.54) is 0 Å². The quantitative estimate of drug-likeness (QED) is 0.647. The van der Waals surface area contributed by atoms with E-state index in [-0.39, 0.29) is 11.8 Å². The van der Waals surface area contributed by atoms with Crippen LogP contribution in [0.5, 0.6) is 5.75 Å². The summed E-state index contributed by atoms with van der Waals surface area (Å²) < 4.78 is 0. The molecule has 3 rings (SSSR count). The number of rotatable bonds is 5. The molecule has 25 heavy (non-hydrogen) atoms. The minimum absolute atomic E-state index is 0.230. The number of carbonyl (C=O) groups is 1. The molecule has 3 aromatic rings. The van der Waals surface area contributed by atoms with Crippen LogP contribution in [-0.2, 0) is 6.42 Å².